The Labute approximate surface area is 89.3 Å². The van der Waals surface area contributed by atoms with E-state index in [-0.39, 0.29) is 5.91 Å². The fourth-order valence-electron chi connectivity index (χ4n) is 1.12. The summed E-state index contributed by atoms with van der Waals surface area (Å²) in [6, 6.07) is 10.0. The second kappa shape index (κ2) is 5.66. The van der Waals surface area contributed by atoms with E-state index < -0.39 is 5.38 Å². The van der Waals surface area contributed by atoms with E-state index in [0.29, 0.717) is 6.54 Å². The molecule has 0 saturated carbocycles. The molecule has 1 aromatic rings. The maximum absolute atomic E-state index is 11.1. The predicted molar refractivity (Wildman–Crippen MR) is 58.5 cm³/mol. The fraction of sp³-hybridized carbons (Fsp3) is 0.364. The van der Waals surface area contributed by atoms with Crippen LogP contribution in [0, 0.1) is 0 Å². The van der Waals surface area contributed by atoms with Crippen molar-refractivity contribution in [3.8, 4) is 0 Å². The van der Waals surface area contributed by atoms with Crippen molar-refractivity contribution >= 4 is 17.5 Å². The van der Waals surface area contributed by atoms with Gasteiger partial charge in [-0.15, -0.1) is 11.6 Å². The molecule has 1 atom stereocenters. The molecule has 0 saturated heterocycles. The van der Waals surface area contributed by atoms with Crippen LogP contribution in [-0.2, 0) is 11.2 Å². The summed E-state index contributed by atoms with van der Waals surface area (Å²) in [5.41, 5.74) is 1.22. The average molecular weight is 212 g/mol. The molecule has 14 heavy (non-hydrogen) atoms. The zero-order valence-electron chi connectivity index (χ0n) is 8.16. The van der Waals surface area contributed by atoms with E-state index in [0.717, 1.165) is 6.42 Å². The lowest BCUT2D eigenvalue weighted by molar-refractivity contribution is -0.120. The van der Waals surface area contributed by atoms with Gasteiger partial charge in [0.25, 0.3) is 0 Å². The van der Waals surface area contributed by atoms with E-state index in [1.807, 2.05) is 30.3 Å². The highest BCUT2D eigenvalue weighted by atomic mass is 35.5. The Balaban J connectivity index is 2.26. The molecule has 76 valence electrons. The molecule has 0 aliphatic rings. The molecule has 3 heteroatoms. The summed E-state index contributed by atoms with van der Waals surface area (Å²) in [5, 5.41) is 2.31. The molecule has 0 aliphatic carbocycles. The Morgan fingerprint density at radius 2 is 2.07 bits per heavy atom. The van der Waals surface area contributed by atoms with Gasteiger partial charge < -0.3 is 5.32 Å². The largest absolute Gasteiger partial charge is 0.354 e. The lowest BCUT2D eigenvalue weighted by Gasteiger charge is -2.05. The van der Waals surface area contributed by atoms with Crippen LogP contribution in [0.4, 0.5) is 0 Å². The zero-order valence-corrected chi connectivity index (χ0v) is 8.92. The minimum Gasteiger partial charge on any atom is -0.354 e. The van der Waals surface area contributed by atoms with E-state index in [2.05, 4.69) is 5.32 Å². The average Bonchev–Trinajstić information content (AvgIpc) is 2.19. The Bertz CT molecular complexity index is 285. The first-order chi connectivity index (χ1) is 6.70. The van der Waals surface area contributed by atoms with Gasteiger partial charge in [0.05, 0.1) is 0 Å². The highest BCUT2D eigenvalue weighted by molar-refractivity contribution is 6.30. The molecule has 1 N–H and O–H groups in total. The third-order valence-electron chi connectivity index (χ3n) is 1.92. The monoisotopic (exact) mass is 211 g/mol. The van der Waals surface area contributed by atoms with Gasteiger partial charge >= 0.3 is 0 Å². The van der Waals surface area contributed by atoms with Gasteiger partial charge in [-0.1, -0.05) is 30.3 Å². The molecule has 1 aromatic carbocycles. The number of hydrogen-bond acceptors (Lipinski definition) is 1. The van der Waals surface area contributed by atoms with Gasteiger partial charge in [-0.3, -0.25) is 4.79 Å². The van der Waals surface area contributed by atoms with E-state index in [1.54, 1.807) is 6.92 Å². The van der Waals surface area contributed by atoms with Crippen molar-refractivity contribution < 1.29 is 4.79 Å². The SMILES string of the molecule is C[C@@H](Cl)C(=O)NCCc1ccccc1. The van der Waals surface area contributed by atoms with Gasteiger partial charge in [-0.05, 0) is 18.9 Å². The number of rotatable bonds is 4. The van der Waals surface area contributed by atoms with Crippen molar-refractivity contribution in [3.63, 3.8) is 0 Å². The van der Waals surface area contributed by atoms with E-state index in [9.17, 15) is 4.79 Å². The topological polar surface area (TPSA) is 29.1 Å². The molecule has 0 fully saturated rings. The quantitative estimate of drug-likeness (QED) is 0.759. The number of carbonyl (C=O) groups is 1. The number of hydrogen-bond donors (Lipinski definition) is 1. The number of amides is 1. The zero-order chi connectivity index (χ0) is 10.4. The summed E-state index contributed by atoms with van der Waals surface area (Å²) in [5.74, 6) is -0.109. The molecule has 1 rings (SSSR count). The van der Waals surface area contributed by atoms with Crippen LogP contribution >= 0.6 is 11.6 Å². The van der Waals surface area contributed by atoms with Crippen LogP contribution in [0.25, 0.3) is 0 Å². The van der Waals surface area contributed by atoms with Crippen molar-refractivity contribution in [1.29, 1.82) is 0 Å². The molecule has 2 nitrogen and oxygen atoms in total. The van der Waals surface area contributed by atoms with E-state index in [1.165, 1.54) is 5.56 Å². The van der Waals surface area contributed by atoms with Crippen LogP contribution in [-0.4, -0.2) is 17.8 Å². The van der Waals surface area contributed by atoms with Gasteiger partial charge in [-0.2, -0.15) is 0 Å². The lowest BCUT2D eigenvalue weighted by Crippen LogP contribution is -2.31. The third-order valence-corrected chi connectivity index (χ3v) is 2.12. The maximum atomic E-state index is 11.1. The van der Waals surface area contributed by atoms with Gasteiger partial charge in [0.1, 0.15) is 5.38 Å². The Hall–Kier alpha value is -1.02. The second-order valence-electron chi connectivity index (χ2n) is 3.14. The molecule has 0 aromatic heterocycles. The van der Waals surface area contributed by atoms with Crippen molar-refractivity contribution in [3.05, 3.63) is 35.9 Å². The van der Waals surface area contributed by atoms with Crippen LogP contribution in [0.3, 0.4) is 0 Å². The summed E-state index contributed by atoms with van der Waals surface area (Å²) >= 11 is 5.60. The van der Waals surface area contributed by atoms with Crippen molar-refractivity contribution in [2.45, 2.75) is 18.7 Å². The van der Waals surface area contributed by atoms with Gasteiger partial charge in [-0.25, -0.2) is 0 Å². The molecule has 1 amide bonds. The molecule has 0 aliphatic heterocycles. The second-order valence-corrected chi connectivity index (χ2v) is 3.80. The lowest BCUT2D eigenvalue weighted by atomic mass is 10.1. The molecule has 0 radical (unpaired) electrons. The molecular weight excluding hydrogens is 198 g/mol. The molecule has 0 heterocycles. The molecule has 0 bridgehead atoms. The highest BCUT2D eigenvalue weighted by Crippen LogP contribution is 1.98. The van der Waals surface area contributed by atoms with Crippen molar-refractivity contribution in [2.24, 2.45) is 0 Å². The van der Waals surface area contributed by atoms with Crippen LogP contribution in [0.2, 0.25) is 0 Å². The summed E-state index contributed by atoms with van der Waals surface area (Å²) in [7, 11) is 0. The number of carbonyl (C=O) groups excluding carboxylic acids is 1. The summed E-state index contributed by atoms with van der Waals surface area (Å²) < 4.78 is 0. The normalized spacial score (nSPS) is 12.1. The molecular formula is C11H14ClNO. The number of benzene rings is 1. The van der Waals surface area contributed by atoms with Crippen LogP contribution in [0.1, 0.15) is 12.5 Å². The fourth-order valence-corrected chi connectivity index (χ4v) is 1.19. The van der Waals surface area contributed by atoms with E-state index >= 15 is 0 Å². The van der Waals surface area contributed by atoms with Gasteiger partial charge in [0, 0.05) is 6.54 Å². The van der Waals surface area contributed by atoms with Crippen LogP contribution in [0.15, 0.2) is 30.3 Å². The van der Waals surface area contributed by atoms with Gasteiger partial charge in [0.2, 0.25) is 5.91 Å². The van der Waals surface area contributed by atoms with E-state index in [4.69, 9.17) is 11.6 Å². The molecule has 0 spiro atoms. The summed E-state index contributed by atoms with van der Waals surface area (Å²) in [6.07, 6.45) is 0.843. The van der Waals surface area contributed by atoms with Crippen LogP contribution in [0.5, 0.6) is 0 Å². The third kappa shape index (κ3) is 3.79. The van der Waals surface area contributed by atoms with Crippen molar-refractivity contribution in [2.75, 3.05) is 6.54 Å². The Morgan fingerprint density at radius 1 is 1.43 bits per heavy atom. The summed E-state index contributed by atoms with van der Waals surface area (Å²) in [6.45, 7) is 2.30. The first kappa shape index (κ1) is 11.1. The minimum atomic E-state index is -0.453. The maximum Gasteiger partial charge on any atom is 0.237 e. The highest BCUT2D eigenvalue weighted by Gasteiger charge is 2.06. The summed E-state index contributed by atoms with van der Waals surface area (Å²) in [4.78, 5) is 11.1. The Kier molecular flexibility index (Phi) is 4.47. The first-order valence-corrected chi connectivity index (χ1v) is 5.09. The smallest absolute Gasteiger partial charge is 0.237 e. The number of halogens is 1. The van der Waals surface area contributed by atoms with Crippen molar-refractivity contribution in [1.82, 2.24) is 5.32 Å². The Morgan fingerprint density at radius 3 is 2.64 bits per heavy atom. The number of alkyl halides is 1. The van der Waals surface area contributed by atoms with Gasteiger partial charge in [0.15, 0.2) is 0 Å². The molecule has 0 unspecified atom stereocenters. The van der Waals surface area contributed by atoms with Crippen LogP contribution < -0.4 is 5.32 Å². The number of nitrogens with one attached hydrogen (secondary N) is 1. The minimum absolute atomic E-state index is 0.109. The first-order valence-electron chi connectivity index (χ1n) is 4.66. The standard InChI is InChI=1S/C11H14ClNO/c1-9(12)11(14)13-8-7-10-5-3-2-4-6-10/h2-6,9H,7-8H2,1H3,(H,13,14)/t9-/m1/s1. The predicted octanol–water partition coefficient (Wildman–Crippen LogP) is 1.97.